The molecule has 1 fully saturated rings. The average molecular weight is 419 g/mol. The van der Waals surface area contributed by atoms with Gasteiger partial charge in [0, 0.05) is 61.8 Å². The molecule has 2 heterocycles. The highest BCUT2D eigenvalue weighted by atomic mass is 32.2. The van der Waals surface area contributed by atoms with Crippen LogP contribution in [0.5, 0.6) is 0 Å². The van der Waals surface area contributed by atoms with Gasteiger partial charge in [0.2, 0.25) is 0 Å². The number of likely N-dealkylation sites (tertiary alicyclic amines) is 1. The van der Waals surface area contributed by atoms with Crippen molar-refractivity contribution >= 4 is 21.1 Å². The van der Waals surface area contributed by atoms with Crippen molar-refractivity contribution in [1.82, 2.24) is 18.5 Å². The maximum absolute atomic E-state index is 12.9. The summed E-state index contributed by atoms with van der Waals surface area (Å²) in [6.07, 6.45) is 5.27. The van der Waals surface area contributed by atoms with Crippen LogP contribution in [0.4, 0.5) is 0 Å². The molecule has 1 aromatic carbocycles. The van der Waals surface area contributed by atoms with Crippen molar-refractivity contribution in [2.75, 3.05) is 26.2 Å². The first-order chi connectivity index (χ1) is 13.9. The zero-order valence-electron chi connectivity index (χ0n) is 18.1. The highest BCUT2D eigenvalue weighted by molar-refractivity contribution is 7.87. The second-order valence-electron chi connectivity index (χ2n) is 8.52. The van der Waals surface area contributed by atoms with Gasteiger partial charge < -0.3 is 4.57 Å². The molecule has 2 aliphatic rings. The summed E-state index contributed by atoms with van der Waals surface area (Å²) in [6, 6.07) is 6.99. The SMILES string of the molecule is CCCN1C[C@@H](NS(=O)(=O)N(CC)CC)CC2c3cccc4c3c(cn4C)C[C@H]21. The third-order valence-electron chi connectivity index (χ3n) is 6.75. The fourth-order valence-electron chi connectivity index (χ4n) is 5.55. The van der Waals surface area contributed by atoms with Gasteiger partial charge in [-0.15, -0.1) is 0 Å². The van der Waals surface area contributed by atoms with Crippen LogP contribution in [0.15, 0.2) is 24.4 Å². The van der Waals surface area contributed by atoms with Gasteiger partial charge >= 0.3 is 0 Å². The molecule has 0 spiro atoms. The molecule has 6 nitrogen and oxygen atoms in total. The number of rotatable bonds is 7. The average Bonchev–Trinajstić information content (AvgIpc) is 3.00. The van der Waals surface area contributed by atoms with E-state index in [2.05, 4.69) is 52.6 Å². The van der Waals surface area contributed by atoms with Crippen molar-refractivity contribution in [2.45, 2.75) is 58.0 Å². The molecule has 1 aliphatic carbocycles. The monoisotopic (exact) mass is 418 g/mol. The maximum atomic E-state index is 12.9. The largest absolute Gasteiger partial charge is 0.350 e. The van der Waals surface area contributed by atoms with E-state index in [1.807, 2.05) is 13.8 Å². The Morgan fingerprint density at radius 1 is 1.21 bits per heavy atom. The van der Waals surface area contributed by atoms with Crippen LogP contribution in [-0.4, -0.2) is 60.5 Å². The Labute approximate surface area is 175 Å². The van der Waals surface area contributed by atoms with Gasteiger partial charge in [0.15, 0.2) is 0 Å². The Kier molecular flexibility index (Phi) is 5.77. The Bertz CT molecular complexity index is 980. The number of piperidine rings is 1. The number of benzene rings is 1. The number of aromatic nitrogens is 1. The second-order valence-corrected chi connectivity index (χ2v) is 10.2. The first kappa shape index (κ1) is 20.8. The molecule has 4 rings (SSSR count). The fraction of sp³-hybridized carbons (Fsp3) is 0.636. The zero-order valence-corrected chi connectivity index (χ0v) is 18.9. The fourth-order valence-corrected chi connectivity index (χ4v) is 6.97. The smallest absolute Gasteiger partial charge is 0.279 e. The molecule has 1 aliphatic heterocycles. The molecule has 1 N–H and O–H groups in total. The quantitative estimate of drug-likeness (QED) is 0.752. The number of fused-ring (bicyclic) bond motifs is 2. The molecule has 1 aromatic heterocycles. The van der Waals surface area contributed by atoms with Crippen molar-refractivity contribution in [3.05, 3.63) is 35.5 Å². The summed E-state index contributed by atoms with van der Waals surface area (Å²) in [5, 5.41) is 1.39. The topological polar surface area (TPSA) is 57.6 Å². The standard InChI is InChI=1S/C22H34N4O2S/c1-5-11-25-15-17(23-29(27,28)26(6-2)7-3)13-19-18-9-8-10-20-22(18)16(12-21(19)25)14-24(20)4/h8-10,14,17,19,21,23H,5-7,11-13,15H2,1-4H3/t17-,19?,21+/m0/s1. The van der Waals surface area contributed by atoms with Crippen molar-refractivity contribution < 1.29 is 8.42 Å². The predicted octanol–water partition coefficient (Wildman–Crippen LogP) is 2.85. The van der Waals surface area contributed by atoms with Crippen molar-refractivity contribution in [3.63, 3.8) is 0 Å². The van der Waals surface area contributed by atoms with Gasteiger partial charge in [-0.25, -0.2) is 0 Å². The minimum absolute atomic E-state index is 0.0612. The maximum Gasteiger partial charge on any atom is 0.279 e. The minimum atomic E-state index is -3.45. The van der Waals surface area contributed by atoms with Crippen LogP contribution in [0.1, 0.15) is 50.7 Å². The molecule has 0 amide bonds. The first-order valence-corrected chi connectivity index (χ1v) is 12.4. The summed E-state index contributed by atoms with van der Waals surface area (Å²) in [4.78, 5) is 2.53. The van der Waals surface area contributed by atoms with Crippen molar-refractivity contribution in [2.24, 2.45) is 7.05 Å². The van der Waals surface area contributed by atoms with Crippen LogP contribution in [-0.2, 0) is 23.7 Å². The highest BCUT2D eigenvalue weighted by Gasteiger charge is 2.42. The van der Waals surface area contributed by atoms with E-state index >= 15 is 0 Å². The highest BCUT2D eigenvalue weighted by Crippen LogP contribution is 2.44. The summed E-state index contributed by atoms with van der Waals surface area (Å²) in [5.41, 5.74) is 4.11. The number of hydrogen-bond acceptors (Lipinski definition) is 3. The minimum Gasteiger partial charge on any atom is -0.350 e. The normalized spacial score (nSPS) is 24.9. The van der Waals surface area contributed by atoms with Crippen molar-refractivity contribution in [1.29, 1.82) is 0 Å². The lowest BCUT2D eigenvalue weighted by molar-refractivity contribution is 0.105. The summed E-state index contributed by atoms with van der Waals surface area (Å²) < 4.78 is 32.5. The molecular formula is C22H34N4O2S. The lowest BCUT2D eigenvalue weighted by Crippen LogP contribution is -2.57. The molecule has 29 heavy (non-hydrogen) atoms. The van der Waals surface area contributed by atoms with Gasteiger partial charge in [-0.2, -0.15) is 17.4 Å². The van der Waals surface area contributed by atoms with Gasteiger partial charge in [-0.05, 0) is 43.0 Å². The second kappa shape index (κ2) is 8.02. The third kappa shape index (κ3) is 3.63. The van der Waals surface area contributed by atoms with E-state index in [0.29, 0.717) is 25.0 Å². The van der Waals surface area contributed by atoms with E-state index in [4.69, 9.17) is 0 Å². The van der Waals surface area contributed by atoms with E-state index in [9.17, 15) is 8.42 Å². The molecule has 0 bridgehead atoms. The van der Waals surface area contributed by atoms with Crippen LogP contribution in [0.3, 0.4) is 0 Å². The molecule has 0 saturated carbocycles. The van der Waals surface area contributed by atoms with Crippen LogP contribution in [0.25, 0.3) is 10.9 Å². The van der Waals surface area contributed by atoms with Crippen LogP contribution in [0.2, 0.25) is 0 Å². The number of aryl methyl sites for hydroxylation is 1. The molecule has 7 heteroatoms. The van der Waals surface area contributed by atoms with Gasteiger partial charge in [0.05, 0.1) is 0 Å². The van der Waals surface area contributed by atoms with Crippen molar-refractivity contribution in [3.8, 4) is 0 Å². The van der Waals surface area contributed by atoms with E-state index < -0.39 is 10.2 Å². The van der Waals surface area contributed by atoms with Crippen LogP contribution < -0.4 is 4.72 Å². The molecule has 1 saturated heterocycles. The molecule has 160 valence electrons. The van der Waals surface area contributed by atoms with E-state index in [1.165, 1.54) is 26.3 Å². The van der Waals surface area contributed by atoms with E-state index in [0.717, 1.165) is 32.4 Å². The third-order valence-corrected chi connectivity index (χ3v) is 8.58. The number of nitrogens with zero attached hydrogens (tertiary/aromatic N) is 3. The molecule has 2 aromatic rings. The summed E-state index contributed by atoms with van der Waals surface area (Å²) >= 11 is 0. The Morgan fingerprint density at radius 2 is 1.97 bits per heavy atom. The predicted molar refractivity (Wildman–Crippen MR) is 118 cm³/mol. The van der Waals surface area contributed by atoms with Gasteiger partial charge in [-0.3, -0.25) is 4.90 Å². The molecule has 3 atom stereocenters. The van der Waals surface area contributed by atoms with E-state index in [-0.39, 0.29) is 6.04 Å². The summed E-state index contributed by atoms with van der Waals surface area (Å²) in [6.45, 7) is 8.77. The van der Waals surface area contributed by atoms with Gasteiger partial charge in [0.1, 0.15) is 0 Å². The summed E-state index contributed by atoms with van der Waals surface area (Å²) in [7, 11) is -1.33. The molecule has 0 radical (unpaired) electrons. The summed E-state index contributed by atoms with van der Waals surface area (Å²) in [5.74, 6) is 0.360. The van der Waals surface area contributed by atoms with Crippen LogP contribution >= 0.6 is 0 Å². The lowest BCUT2D eigenvalue weighted by Gasteiger charge is -2.47. The van der Waals surface area contributed by atoms with Crippen LogP contribution in [0, 0.1) is 0 Å². The van der Waals surface area contributed by atoms with Gasteiger partial charge in [0.25, 0.3) is 10.2 Å². The first-order valence-electron chi connectivity index (χ1n) is 11.0. The van der Waals surface area contributed by atoms with E-state index in [1.54, 1.807) is 0 Å². The molecule has 1 unspecified atom stereocenters. The lowest BCUT2D eigenvalue weighted by atomic mass is 9.74. The number of hydrogen-bond donors (Lipinski definition) is 1. The Hall–Kier alpha value is -1.41. The zero-order chi connectivity index (χ0) is 20.8. The Balaban J connectivity index is 1.69. The van der Waals surface area contributed by atoms with Gasteiger partial charge in [-0.1, -0.05) is 32.9 Å². The Morgan fingerprint density at radius 3 is 2.66 bits per heavy atom. The molecular weight excluding hydrogens is 384 g/mol. The number of nitrogens with one attached hydrogen (secondary N) is 1.